The largest absolute Gasteiger partial charge is 0.382 e. The molecule has 2 aliphatic rings. The molecule has 12 heteroatoms. The van der Waals surface area contributed by atoms with E-state index in [1.165, 1.54) is 0 Å². The van der Waals surface area contributed by atoms with Crippen molar-refractivity contribution >= 4 is 33.7 Å². The third kappa shape index (κ3) is 6.65. The van der Waals surface area contributed by atoms with Crippen LogP contribution in [0.1, 0.15) is 65.9 Å². The molecule has 2 amide bonds. The smallest absolute Gasteiger partial charge is 0.317 e. The summed E-state index contributed by atoms with van der Waals surface area (Å²) in [6, 6.07) is 10.4. The number of nitrogens with zero attached hydrogens (tertiary/aromatic N) is 8. The molecule has 2 unspecified atom stereocenters. The average molecular weight is 641 g/mol. The lowest BCUT2D eigenvalue weighted by Gasteiger charge is -2.39. The summed E-state index contributed by atoms with van der Waals surface area (Å²) < 4.78 is 1.80. The molecule has 0 spiro atoms. The minimum Gasteiger partial charge on any atom is -0.382 e. The number of carbonyl (C=O) groups excluding carboxylic acids is 1. The van der Waals surface area contributed by atoms with Gasteiger partial charge in [0.1, 0.15) is 6.07 Å². The number of hydrogen-bond acceptors (Lipinski definition) is 9. The highest BCUT2D eigenvalue weighted by atomic mass is 32.1. The number of aromatic nitrogens is 5. The Morgan fingerprint density at radius 3 is 2.59 bits per heavy atom. The summed E-state index contributed by atoms with van der Waals surface area (Å²) in [6.45, 7) is 14.1. The Morgan fingerprint density at radius 2 is 1.89 bits per heavy atom. The van der Waals surface area contributed by atoms with Gasteiger partial charge in [0.15, 0.2) is 5.01 Å². The second-order valence-corrected chi connectivity index (χ2v) is 14.3. The maximum absolute atomic E-state index is 13.3. The molecular formula is C34H44N10OS. The molecule has 2 bridgehead atoms. The molecule has 1 saturated carbocycles. The molecule has 1 saturated heterocycles. The molecule has 5 heterocycles. The van der Waals surface area contributed by atoms with Gasteiger partial charge in [0.2, 0.25) is 5.13 Å². The summed E-state index contributed by atoms with van der Waals surface area (Å²) in [5, 5.41) is 31.7. The number of piperidine rings is 1. The summed E-state index contributed by atoms with van der Waals surface area (Å²) in [6.07, 6.45) is 7.65. The standard InChI is InChI=1S/C34H44N10OS/c1-6-12-42(13-11-21(2)3)33(45)39-31-24-7-8-25(31)20-43(19-24)34-41-40-32(46-34)27-18-36-29(15-28(27)38-22(4)5)30-10-9-26-14-23(16-35)17-37-44(26)30/h9-10,14-15,17-18,21-22,24-25,31H,6-8,11-13,19-20H2,1-5H3,(H,36,38)(H,39,45)/t24-,25?,31?/m0/s1. The number of nitriles is 1. The van der Waals surface area contributed by atoms with Crippen molar-refractivity contribution in [2.24, 2.45) is 17.8 Å². The third-order valence-corrected chi connectivity index (χ3v) is 10.1. The fourth-order valence-electron chi connectivity index (χ4n) is 6.75. The van der Waals surface area contributed by atoms with E-state index in [1.807, 2.05) is 35.4 Å². The summed E-state index contributed by atoms with van der Waals surface area (Å²) >= 11 is 1.59. The van der Waals surface area contributed by atoms with Crippen molar-refractivity contribution in [2.45, 2.75) is 72.4 Å². The van der Waals surface area contributed by atoms with Crippen molar-refractivity contribution in [2.75, 3.05) is 36.4 Å². The van der Waals surface area contributed by atoms with Crippen LogP contribution in [-0.2, 0) is 0 Å². The second-order valence-electron chi connectivity index (χ2n) is 13.4. The topological polar surface area (TPSA) is 127 Å². The molecule has 2 fully saturated rings. The van der Waals surface area contributed by atoms with Gasteiger partial charge in [0.25, 0.3) is 0 Å². The van der Waals surface area contributed by atoms with Crippen LogP contribution in [0.25, 0.3) is 27.5 Å². The Morgan fingerprint density at radius 1 is 1.11 bits per heavy atom. The van der Waals surface area contributed by atoms with Gasteiger partial charge in [0.05, 0.1) is 34.2 Å². The van der Waals surface area contributed by atoms with Gasteiger partial charge < -0.3 is 20.4 Å². The maximum Gasteiger partial charge on any atom is 0.317 e. The van der Waals surface area contributed by atoms with Crippen molar-refractivity contribution in [3.63, 3.8) is 0 Å². The fraction of sp³-hybridized carbons (Fsp3) is 0.529. The lowest BCUT2D eigenvalue weighted by Crippen LogP contribution is -2.55. The number of hydrogen-bond donors (Lipinski definition) is 2. The van der Waals surface area contributed by atoms with E-state index in [0.29, 0.717) is 23.3 Å². The van der Waals surface area contributed by atoms with E-state index in [-0.39, 0.29) is 18.1 Å². The number of amides is 2. The van der Waals surface area contributed by atoms with E-state index in [9.17, 15) is 10.1 Å². The van der Waals surface area contributed by atoms with Gasteiger partial charge in [-0.2, -0.15) is 10.4 Å². The average Bonchev–Trinajstić information content (AvgIpc) is 3.74. The van der Waals surface area contributed by atoms with Crippen LogP contribution in [-0.4, -0.2) is 74.0 Å². The quantitative estimate of drug-likeness (QED) is 0.196. The first kappa shape index (κ1) is 31.7. The van der Waals surface area contributed by atoms with Crippen LogP contribution in [0.3, 0.4) is 0 Å². The molecule has 1 aliphatic carbocycles. The Labute approximate surface area is 275 Å². The van der Waals surface area contributed by atoms with Crippen molar-refractivity contribution in [3.8, 4) is 28.0 Å². The predicted octanol–water partition coefficient (Wildman–Crippen LogP) is 6.29. The molecule has 11 nitrogen and oxygen atoms in total. The van der Waals surface area contributed by atoms with Crippen LogP contribution in [0, 0.1) is 29.1 Å². The molecule has 1 aliphatic heterocycles. The van der Waals surface area contributed by atoms with Gasteiger partial charge >= 0.3 is 6.03 Å². The van der Waals surface area contributed by atoms with Crippen LogP contribution in [0.4, 0.5) is 15.6 Å². The Balaban J connectivity index is 1.18. The van der Waals surface area contributed by atoms with Crippen molar-refractivity contribution in [1.82, 2.24) is 35.0 Å². The molecule has 2 N–H and O–H groups in total. The Hall–Kier alpha value is -4.24. The van der Waals surface area contributed by atoms with Crippen LogP contribution >= 0.6 is 11.3 Å². The highest BCUT2D eigenvalue weighted by Gasteiger charge is 2.44. The lowest BCUT2D eigenvalue weighted by atomic mass is 9.92. The second kappa shape index (κ2) is 13.6. The lowest BCUT2D eigenvalue weighted by molar-refractivity contribution is 0.180. The van der Waals surface area contributed by atoms with Gasteiger partial charge in [-0.15, -0.1) is 10.2 Å². The molecule has 0 radical (unpaired) electrons. The Bertz CT molecular complexity index is 1710. The number of rotatable bonds is 11. The van der Waals surface area contributed by atoms with Crippen LogP contribution in [0.5, 0.6) is 0 Å². The molecule has 3 atom stereocenters. The van der Waals surface area contributed by atoms with Gasteiger partial charge in [-0.3, -0.25) is 4.98 Å². The summed E-state index contributed by atoms with van der Waals surface area (Å²) in [5.41, 5.74) is 4.82. The molecular weight excluding hydrogens is 597 g/mol. The van der Waals surface area contributed by atoms with Crippen molar-refractivity contribution in [1.29, 1.82) is 5.26 Å². The van der Waals surface area contributed by atoms with Crippen LogP contribution in [0.15, 0.2) is 36.7 Å². The molecule has 46 heavy (non-hydrogen) atoms. The minimum absolute atomic E-state index is 0.0908. The zero-order valence-corrected chi connectivity index (χ0v) is 28.2. The molecule has 4 aromatic rings. The van der Waals surface area contributed by atoms with E-state index in [1.54, 1.807) is 22.0 Å². The van der Waals surface area contributed by atoms with E-state index in [2.05, 4.69) is 71.5 Å². The number of anilines is 2. The highest BCUT2D eigenvalue weighted by molar-refractivity contribution is 7.18. The monoisotopic (exact) mass is 640 g/mol. The van der Waals surface area contributed by atoms with Crippen molar-refractivity contribution in [3.05, 3.63) is 42.2 Å². The fourth-order valence-corrected chi connectivity index (χ4v) is 7.64. The van der Waals surface area contributed by atoms with E-state index < -0.39 is 0 Å². The third-order valence-electron chi connectivity index (χ3n) is 9.04. The summed E-state index contributed by atoms with van der Waals surface area (Å²) in [5.74, 6) is 1.38. The maximum atomic E-state index is 13.3. The number of fused-ring (bicyclic) bond motifs is 3. The number of carbonyl (C=O) groups is 1. The molecule has 242 valence electrons. The summed E-state index contributed by atoms with van der Waals surface area (Å²) in [7, 11) is 0. The number of urea groups is 1. The zero-order chi connectivity index (χ0) is 32.4. The molecule has 0 aromatic carbocycles. The van der Waals surface area contributed by atoms with Crippen molar-refractivity contribution < 1.29 is 4.79 Å². The minimum atomic E-state index is 0.0908. The van der Waals surface area contributed by atoms with Crippen LogP contribution in [0.2, 0.25) is 0 Å². The zero-order valence-electron chi connectivity index (χ0n) is 27.4. The first-order valence-corrected chi connectivity index (χ1v) is 17.3. The molecule has 4 aromatic heterocycles. The van der Waals surface area contributed by atoms with Gasteiger partial charge in [-0.05, 0) is 81.5 Å². The summed E-state index contributed by atoms with van der Waals surface area (Å²) in [4.78, 5) is 22.5. The SMILES string of the molecule is CCCN(CCC(C)C)C(=O)NC1C2CC[C@H]1CN(c1nnc(-c3cnc(-c4ccc5cc(C#N)cnn45)cc3NC(C)C)s1)C2. The molecule has 6 rings (SSSR count). The van der Waals surface area contributed by atoms with Crippen LogP contribution < -0.4 is 15.5 Å². The predicted molar refractivity (Wildman–Crippen MR) is 183 cm³/mol. The Kier molecular flexibility index (Phi) is 9.40. The highest BCUT2D eigenvalue weighted by Crippen LogP contribution is 2.41. The van der Waals surface area contributed by atoms with E-state index in [0.717, 1.165) is 90.2 Å². The van der Waals surface area contributed by atoms with E-state index >= 15 is 0 Å². The van der Waals surface area contributed by atoms with Gasteiger partial charge in [-0.1, -0.05) is 32.1 Å². The number of pyridine rings is 1. The normalized spacial score (nSPS) is 19.2. The van der Waals surface area contributed by atoms with E-state index in [4.69, 9.17) is 4.98 Å². The number of nitrogens with one attached hydrogen (secondary N) is 2. The van der Waals surface area contributed by atoms with Gasteiger partial charge in [-0.25, -0.2) is 9.31 Å². The first-order chi connectivity index (χ1) is 22.2. The van der Waals surface area contributed by atoms with Gasteiger partial charge in [0, 0.05) is 50.1 Å². The first-order valence-electron chi connectivity index (χ1n) is 16.5.